The summed E-state index contributed by atoms with van der Waals surface area (Å²) in [5, 5.41) is 8.83. The summed E-state index contributed by atoms with van der Waals surface area (Å²) in [6.45, 7) is 3.84. The Morgan fingerprint density at radius 3 is 1.47 bits per heavy atom. The Balaban J connectivity index is 4.18. The number of phosphoric acid groups is 1. The second-order valence-corrected chi connectivity index (χ2v) is 13.8. The van der Waals surface area contributed by atoms with E-state index in [1.807, 2.05) is 0 Å². The summed E-state index contributed by atoms with van der Waals surface area (Å²) in [7, 11) is -4.59. The summed E-state index contributed by atoms with van der Waals surface area (Å²) in [4.78, 5) is 33.1. The summed E-state index contributed by atoms with van der Waals surface area (Å²) in [6, 6.07) is -1.47. The zero-order valence-corrected chi connectivity index (χ0v) is 29.6. The molecule has 11 heteroatoms. The van der Waals surface area contributed by atoms with Crippen molar-refractivity contribution in [2.75, 3.05) is 26.4 Å². The minimum absolute atomic E-state index is 0.0239. The van der Waals surface area contributed by atoms with E-state index in [4.69, 9.17) is 24.8 Å². The number of ether oxygens (including phenoxy) is 2. The number of carbonyl (C=O) groups is 2. The first-order valence-electron chi connectivity index (χ1n) is 18.1. The van der Waals surface area contributed by atoms with E-state index in [1.54, 1.807) is 0 Å². The molecule has 0 bridgehead atoms. The van der Waals surface area contributed by atoms with Crippen molar-refractivity contribution < 1.29 is 42.7 Å². The Hall–Kier alpha value is -1.03. The SMILES string of the molecule is CCCCCCCCCCCCCCCCCCOC[C@H](COP(=O)(O)OC[C@H](N)C(=O)O)OC(=O)CCCCCCCCC. The summed E-state index contributed by atoms with van der Waals surface area (Å²) < 4.78 is 33.0. The lowest BCUT2D eigenvalue weighted by Gasteiger charge is -2.20. The van der Waals surface area contributed by atoms with E-state index in [9.17, 15) is 19.0 Å². The smallest absolute Gasteiger partial charge is 0.472 e. The average Bonchev–Trinajstić information content (AvgIpc) is 3.01. The van der Waals surface area contributed by atoms with Gasteiger partial charge in [-0.05, 0) is 12.8 Å². The van der Waals surface area contributed by atoms with Crippen molar-refractivity contribution in [3.05, 3.63) is 0 Å². The van der Waals surface area contributed by atoms with Crippen LogP contribution < -0.4 is 5.73 Å². The molecule has 0 aromatic carbocycles. The van der Waals surface area contributed by atoms with Gasteiger partial charge >= 0.3 is 19.8 Å². The predicted octanol–water partition coefficient (Wildman–Crippen LogP) is 8.86. The first kappa shape index (κ1) is 44.0. The van der Waals surface area contributed by atoms with Crippen LogP contribution in [-0.4, -0.2) is 60.5 Å². The molecule has 0 spiro atoms. The summed E-state index contributed by atoms with van der Waals surface area (Å²) >= 11 is 0. The highest BCUT2D eigenvalue weighted by molar-refractivity contribution is 7.47. The van der Waals surface area contributed by atoms with E-state index in [-0.39, 0.29) is 13.0 Å². The van der Waals surface area contributed by atoms with Crippen molar-refractivity contribution >= 4 is 19.8 Å². The van der Waals surface area contributed by atoms with Crippen LogP contribution in [0.2, 0.25) is 0 Å². The molecule has 45 heavy (non-hydrogen) atoms. The van der Waals surface area contributed by atoms with Gasteiger partial charge in [0, 0.05) is 13.0 Å². The predicted molar refractivity (Wildman–Crippen MR) is 180 cm³/mol. The number of phosphoric ester groups is 1. The molecule has 0 aromatic rings. The standard InChI is InChI=1S/C34H68NO9P/c1-3-5-7-9-11-12-13-14-15-16-17-18-19-21-23-25-27-41-28-31(29-42-45(39,40)43-30-32(35)34(37)38)44-33(36)26-24-22-20-10-8-6-4-2/h31-32H,3-30,35H2,1-2H3,(H,37,38)(H,39,40)/t31-,32+/m1/s1. The quantitative estimate of drug-likeness (QED) is 0.0340. The number of carboxylic acids is 1. The summed E-state index contributed by atoms with van der Waals surface area (Å²) in [5.74, 6) is -1.78. The van der Waals surface area contributed by atoms with Crippen LogP contribution in [0.25, 0.3) is 0 Å². The van der Waals surface area contributed by atoms with Gasteiger partial charge in [-0.1, -0.05) is 149 Å². The molecular formula is C34H68NO9P. The maximum Gasteiger partial charge on any atom is 0.472 e. The van der Waals surface area contributed by atoms with Gasteiger partial charge in [0.05, 0.1) is 19.8 Å². The zero-order chi connectivity index (χ0) is 33.4. The lowest BCUT2D eigenvalue weighted by atomic mass is 10.0. The molecule has 0 aliphatic rings. The third-order valence-electron chi connectivity index (χ3n) is 7.89. The van der Waals surface area contributed by atoms with Crippen LogP contribution >= 0.6 is 7.82 Å². The van der Waals surface area contributed by atoms with Crippen molar-refractivity contribution in [1.82, 2.24) is 0 Å². The molecule has 0 saturated heterocycles. The minimum atomic E-state index is -4.59. The Bertz CT molecular complexity index is 740. The Morgan fingerprint density at radius 1 is 0.622 bits per heavy atom. The minimum Gasteiger partial charge on any atom is -0.480 e. The molecule has 0 heterocycles. The van der Waals surface area contributed by atoms with Crippen molar-refractivity contribution in [2.45, 2.75) is 180 Å². The van der Waals surface area contributed by atoms with Gasteiger partial charge in [-0.2, -0.15) is 0 Å². The first-order chi connectivity index (χ1) is 21.7. The van der Waals surface area contributed by atoms with Crippen LogP contribution in [0.3, 0.4) is 0 Å². The van der Waals surface area contributed by atoms with Gasteiger partial charge in [-0.25, -0.2) is 4.57 Å². The van der Waals surface area contributed by atoms with Gasteiger partial charge in [0.15, 0.2) is 0 Å². The van der Waals surface area contributed by atoms with E-state index < -0.39 is 45.1 Å². The molecule has 3 atom stereocenters. The lowest BCUT2D eigenvalue weighted by molar-refractivity contribution is -0.154. The molecule has 0 radical (unpaired) electrons. The van der Waals surface area contributed by atoms with Gasteiger partial charge in [0.25, 0.3) is 0 Å². The van der Waals surface area contributed by atoms with Crippen molar-refractivity contribution in [2.24, 2.45) is 5.73 Å². The monoisotopic (exact) mass is 665 g/mol. The maximum atomic E-state index is 12.4. The molecule has 0 fully saturated rings. The number of carbonyl (C=O) groups excluding carboxylic acids is 1. The Kier molecular flexibility index (Phi) is 30.8. The molecule has 0 saturated carbocycles. The molecule has 0 amide bonds. The first-order valence-corrected chi connectivity index (χ1v) is 19.6. The fourth-order valence-corrected chi connectivity index (χ4v) is 5.79. The summed E-state index contributed by atoms with van der Waals surface area (Å²) in [6.07, 6.45) is 27.5. The number of hydrogen-bond donors (Lipinski definition) is 3. The number of rotatable bonds is 35. The van der Waals surface area contributed by atoms with E-state index in [0.29, 0.717) is 13.0 Å². The molecule has 0 aromatic heterocycles. The Labute approximate surface area is 274 Å². The zero-order valence-electron chi connectivity index (χ0n) is 28.7. The normalized spacial score (nSPS) is 14.2. The van der Waals surface area contributed by atoms with E-state index in [1.165, 1.54) is 103 Å². The molecule has 268 valence electrons. The molecular weight excluding hydrogens is 597 g/mol. The Morgan fingerprint density at radius 2 is 1.02 bits per heavy atom. The number of esters is 1. The molecule has 1 unspecified atom stereocenters. The highest BCUT2D eigenvalue weighted by Crippen LogP contribution is 2.43. The largest absolute Gasteiger partial charge is 0.480 e. The number of hydrogen-bond acceptors (Lipinski definition) is 8. The third kappa shape index (κ3) is 31.3. The lowest BCUT2D eigenvalue weighted by Crippen LogP contribution is -2.34. The third-order valence-corrected chi connectivity index (χ3v) is 8.84. The van der Waals surface area contributed by atoms with E-state index in [0.717, 1.165) is 38.5 Å². The molecule has 4 N–H and O–H groups in total. The van der Waals surface area contributed by atoms with Crippen LogP contribution in [0.1, 0.15) is 168 Å². The van der Waals surface area contributed by atoms with Crippen LogP contribution in [0.5, 0.6) is 0 Å². The van der Waals surface area contributed by atoms with Crippen molar-refractivity contribution in [1.29, 1.82) is 0 Å². The highest BCUT2D eigenvalue weighted by Gasteiger charge is 2.27. The number of carboxylic acid groups (broad SMARTS) is 1. The molecule has 0 aliphatic carbocycles. The molecule has 0 rings (SSSR count). The van der Waals surface area contributed by atoms with Gasteiger partial charge in [-0.15, -0.1) is 0 Å². The highest BCUT2D eigenvalue weighted by atomic mass is 31.2. The number of aliphatic carboxylic acids is 1. The van der Waals surface area contributed by atoms with E-state index in [2.05, 4.69) is 18.4 Å². The van der Waals surface area contributed by atoms with Crippen LogP contribution in [0.4, 0.5) is 0 Å². The molecule has 0 aliphatic heterocycles. The van der Waals surface area contributed by atoms with Crippen LogP contribution in [-0.2, 0) is 32.7 Å². The summed E-state index contributed by atoms with van der Waals surface area (Å²) in [5.41, 5.74) is 5.32. The van der Waals surface area contributed by atoms with Crippen LogP contribution in [0.15, 0.2) is 0 Å². The van der Waals surface area contributed by atoms with Gasteiger partial charge in [0.2, 0.25) is 0 Å². The second-order valence-electron chi connectivity index (χ2n) is 12.4. The van der Waals surface area contributed by atoms with Gasteiger partial charge in [-0.3, -0.25) is 18.6 Å². The van der Waals surface area contributed by atoms with Crippen LogP contribution in [0, 0.1) is 0 Å². The fourth-order valence-electron chi connectivity index (χ4n) is 5.01. The second kappa shape index (κ2) is 31.6. The topological polar surface area (TPSA) is 155 Å². The maximum absolute atomic E-state index is 12.4. The van der Waals surface area contributed by atoms with Gasteiger partial charge < -0.3 is 25.2 Å². The molecule has 10 nitrogen and oxygen atoms in total. The average molecular weight is 666 g/mol. The number of unbranched alkanes of at least 4 members (excludes halogenated alkanes) is 21. The number of nitrogens with two attached hydrogens (primary N) is 1. The fraction of sp³-hybridized carbons (Fsp3) is 0.941. The van der Waals surface area contributed by atoms with Crippen molar-refractivity contribution in [3.63, 3.8) is 0 Å². The van der Waals surface area contributed by atoms with Gasteiger partial charge in [0.1, 0.15) is 12.1 Å². The van der Waals surface area contributed by atoms with E-state index >= 15 is 0 Å². The van der Waals surface area contributed by atoms with Crippen molar-refractivity contribution in [3.8, 4) is 0 Å².